The van der Waals surface area contributed by atoms with Crippen molar-refractivity contribution in [2.75, 3.05) is 6.61 Å². The second kappa shape index (κ2) is 6.02. The van der Waals surface area contributed by atoms with Crippen molar-refractivity contribution >= 4 is 28.8 Å². The van der Waals surface area contributed by atoms with Crippen LogP contribution >= 0.6 is 22.6 Å². The Morgan fingerprint density at radius 3 is 2.50 bits per heavy atom. The van der Waals surface area contributed by atoms with Crippen LogP contribution in [0.15, 0.2) is 17.1 Å². The number of halogens is 1. The molecule has 0 aromatic heterocycles. The average Bonchev–Trinajstić information content (AvgIpc) is 2.23. The first-order chi connectivity index (χ1) is 8.25. The number of aliphatic hydroxyl groups excluding tert-OH is 1. The lowest BCUT2D eigenvalue weighted by molar-refractivity contribution is 0.191. The van der Waals surface area contributed by atoms with Gasteiger partial charge in [0.15, 0.2) is 0 Å². The third kappa shape index (κ3) is 3.95. The van der Waals surface area contributed by atoms with Gasteiger partial charge < -0.3 is 10.2 Å². The van der Waals surface area contributed by atoms with Gasteiger partial charge in [-0.15, -0.1) is 0 Å². The molecule has 0 radical (unpaired) electrons. The van der Waals surface area contributed by atoms with E-state index in [1.165, 1.54) is 0 Å². The van der Waals surface area contributed by atoms with Gasteiger partial charge in [0, 0.05) is 15.3 Å². The number of aryl methyl sites for hydroxylation is 1. The highest BCUT2D eigenvalue weighted by atomic mass is 127. The first-order valence-electron chi connectivity index (χ1n) is 5.89. The summed E-state index contributed by atoms with van der Waals surface area (Å²) < 4.78 is 1.06. The topological polar surface area (TPSA) is 52.8 Å². The molecule has 1 atom stereocenters. The van der Waals surface area contributed by atoms with Crippen molar-refractivity contribution in [3.63, 3.8) is 0 Å². The molecular formula is C14H20INO2. The summed E-state index contributed by atoms with van der Waals surface area (Å²) in [6, 6.07) is 3.62. The largest absolute Gasteiger partial charge is 0.507 e. The van der Waals surface area contributed by atoms with E-state index in [0.29, 0.717) is 5.56 Å². The summed E-state index contributed by atoms with van der Waals surface area (Å²) in [7, 11) is 0. The minimum Gasteiger partial charge on any atom is -0.507 e. The number of aromatic hydroxyl groups is 1. The third-order valence-electron chi connectivity index (χ3n) is 2.86. The molecule has 0 heterocycles. The number of hydrogen-bond donors (Lipinski definition) is 2. The Bertz CT molecular complexity index is 450. The van der Waals surface area contributed by atoms with Crippen molar-refractivity contribution in [2.24, 2.45) is 10.4 Å². The van der Waals surface area contributed by atoms with Gasteiger partial charge in [-0.3, -0.25) is 4.99 Å². The maximum atomic E-state index is 9.95. The Labute approximate surface area is 122 Å². The highest BCUT2D eigenvalue weighted by Gasteiger charge is 2.22. The standard InChI is InChI=1S/C14H20INO2/c1-9-5-11(15)6-10(13(9)18)7-16-12(8-17)14(2,3)4/h5-7,12,17-18H,8H2,1-4H3. The molecule has 0 amide bonds. The van der Waals surface area contributed by atoms with Crippen LogP contribution in [0.1, 0.15) is 31.9 Å². The molecule has 0 aliphatic carbocycles. The molecule has 18 heavy (non-hydrogen) atoms. The van der Waals surface area contributed by atoms with Crippen molar-refractivity contribution < 1.29 is 10.2 Å². The number of hydrogen-bond acceptors (Lipinski definition) is 3. The number of rotatable bonds is 3. The normalized spacial score (nSPS) is 14.1. The van der Waals surface area contributed by atoms with E-state index in [4.69, 9.17) is 0 Å². The Morgan fingerprint density at radius 1 is 1.39 bits per heavy atom. The second-order valence-corrected chi connectivity index (χ2v) is 6.75. The maximum Gasteiger partial charge on any atom is 0.127 e. The fourth-order valence-corrected chi connectivity index (χ4v) is 2.38. The van der Waals surface area contributed by atoms with Crippen LogP contribution in [0.4, 0.5) is 0 Å². The molecule has 1 unspecified atom stereocenters. The van der Waals surface area contributed by atoms with Crippen molar-refractivity contribution in [1.29, 1.82) is 0 Å². The highest BCUT2D eigenvalue weighted by Crippen LogP contribution is 2.25. The second-order valence-electron chi connectivity index (χ2n) is 5.50. The lowest BCUT2D eigenvalue weighted by atomic mass is 9.88. The molecule has 4 heteroatoms. The average molecular weight is 361 g/mol. The van der Waals surface area contributed by atoms with E-state index >= 15 is 0 Å². The van der Waals surface area contributed by atoms with Crippen molar-refractivity contribution in [1.82, 2.24) is 0 Å². The van der Waals surface area contributed by atoms with Gasteiger partial charge in [-0.2, -0.15) is 0 Å². The Kier molecular flexibility index (Phi) is 5.16. The predicted octanol–water partition coefficient (Wildman–Crippen LogP) is 3.13. The van der Waals surface area contributed by atoms with Crippen LogP contribution in [0, 0.1) is 15.9 Å². The number of benzene rings is 1. The molecule has 100 valence electrons. The summed E-state index contributed by atoms with van der Waals surface area (Å²) in [6.45, 7) is 7.97. The summed E-state index contributed by atoms with van der Waals surface area (Å²) in [6.07, 6.45) is 1.65. The molecule has 0 bridgehead atoms. The molecule has 1 rings (SSSR count). The minimum atomic E-state index is -0.171. The van der Waals surface area contributed by atoms with Gasteiger partial charge in [0.1, 0.15) is 5.75 Å². The Balaban J connectivity index is 3.04. The summed E-state index contributed by atoms with van der Waals surface area (Å²) in [5.74, 6) is 0.254. The van der Waals surface area contributed by atoms with Crippen LogP contribution in [0.2, 0.25) is 0 Å². The fraction of sp³-hybridized carbons (Fsp3) is 0.500. The Hall–Kier alpha value is -0.620. The van der Waals surface area contributed by atoms with E-state index in [-0.39, 0.29) is 23.8 Å². The molecule has 0 aliphatic heterocycles. The molecule has 0 aliphatic rings. The van der Waals surface area contributed by atoms with E-state index in [9.17, 15) is 10.2 Å². The maximum absolute atomic E-state index is 9.95. The zero-order chi connectivity index (χ0) is 13.9. The minimum absolute atomic E-state index is 0.00364. The van der Waals surface area contributed by atoms with Crippen molar-refractivity contribution in [2.45, 2.75) is 33.7 Å². The summed E-state index contributed by atoms with van der Waals surface area (Å²) >= 11 is 2.21. The van der Waals surface area contributed by atoms with E-state index in [1.807, 2.05) is 39.8 Å². The lowest BCUT2D eigenvalue weighted by Gasteiger charge is -2.25. The molecule has 2 N–H and O–H groups in total. The van der Waals surface area contributed by atoms with Crippen molar-refractivity contribution in [3.8, 4) is 5.75 Å². The zero-order valence-corrected chi connectivity index (χ0v) is 13.4. The van der Waals surface area contributed by atoms with Gasteiger partial charge in [-0.25, -0.2) is 0 Å². The molecule has 0 saturated heterocycles. The van der Waals surface area contributed by atoms with Gasteiger partial charge in [-0.1, -0.05) is 20.8 Å². The van der Waals surface area contributed by atoms with Crippen LogP contribution in [-0.4, -0.2) is 29.1 Å². The number of phenols is 1. The number of aliphatic imine (C=N–C) groups is 1. The van der Waals surface area contributed by atoms with Crippen LogP contribution in [0.5, 0.6) is 5.75 Å². The van der Waals surface area contributed by atoms with Gasteiger partial charge in [0.05, 0.1) is 12.6 Å². The van der Waals surface area contributed by atoms with E-state index in [2.05, 4.69) is 27.6 Å². The monoisotopic (exact) mass is 361 g/mol. The lowest BCUT2D eigenvalue weighted by Crippen LogP contribution is -2.28. The predicted molar refractivity (Wildman–Crippen MR) is 83.5 cm³/mol. The summed E-state index contributed by atoms with van der Waals surface area (Å²) in [5, 5.41) is 19.3. The SMILES string of the molecule is Cc1cc(I)cc(C=NC(CO)C(C)(C)C)c1O. The molecule has 1 aromatic rings. The molecule has 0 spiro atoms. The molecule has 0 fully saturated rings. The van der Waals surface area contributed by atoms with Crippen molar-refractivity contribution in [3.05, 3.63) is 26.8 Å². The van der Waals surface area contributed by atoms with Crippen LogP contribution in [-0.2, 0) is 0 Å². The molecular weight excluding hydrogens is 341 g/mol. The fourth-order valence-electron chi connectivity index (χ4n) is 1.57. The molecule has 1 aromatic carbocycles. The Morgan fingerprint density at radius 2 is 2.00 bits per heavy atom. The summed E-state index contributed by atoms with van der Waals surface area (Å²) in [4.78, 5) is 4.39. The van der Waals surface area contributed by atoms with Crippen LogP contribution in [0.25, 0.3) is 0 Å². The van der Waals surface area contributed by atoms with E-state index in [0.717, 1.165) is 9.13 Å². The van der Waals surface area contributed by atoms with E-state index < -0.39 is 0 Å². The van der Waals surface area contributed by atoms with Gasteiger partial charge in [0.25, 0.3) is 0 Å². The molecule has 0 saturated carbocycles. The number of aliphatic hydroxyl groups is 1. The first kappa shape index (κ1) is 15.4. The first-order valence-corrected chi connectivity index (χ1v) is 6.96. The van der Waals surface area contributed by atoms with Gasteiger partial charge in [0.2, 0.25) is 0 Å². The van der Waals surface area contributed by atoms with E-state index in [1.54, 1.807) is 6.21 Å². The third-order valence-corrected chi connectivity index (χ3v) is 3.48. The van der Waals surface area contributed by atoms with Gasteiger partial charge >= 0.3 is 0 Å². The summed E-state index contributed by atoms with van der Waals surface area (Å²) in [5.41, 5.74) is 1.43. The number of phenolic OH excluding ortho intramolecular Hbond substituents is 1. The smallest absolute Gasteiger partial charge is 0.127 e. The van der Waals surface area contributed by atoms with Crippen LogP contribution in [0.3, 0.4) is 0 Å². The highest BCUT2D eigenvalue weighted by molar-refractivity contribution is 14.1. The molecule has 3 nitrogen and oxygen atoms in total. The van der Waals surface area contributed by atoms with Gasteiger partial charge in [-0.05, 0) is 52.6 Å². The number of nitrogens with zero attached hydrogens (tertiary/aromatic N) is 1. The zero-order valence-electron chi connectivity index (χ0n) is 11.2. The quantitative estimate of drug-likeness (QED) is 0.642. The van der Waals surface area contributed by atoms with Crippen LogP contribution < -0.4 is 0 Å².